The van der Waals surface area contributed by atoms with Crippen LogP contribution in [0.25, 0.3) is 0 Å². The van der Waals surface area contributed by atoms with Gasteiger partial charge in [-0.25, -0.2) is 4.98 Å². The van der Waals surface area contributed by atoms with E-state index in [1.807, 2.05) is 19.1 Å². The van der Waals surface area contributed by atoms with Crippen LogP contribution in [0.3, 0.4) is 0 Å². The molecule has 2 rings (SSSR count). The van der Waals surface area contributed by atoms with Crippen LogP contribution >= 0.6 is 0 Å². The molecule has 0 aliphatic carbocycles. The Kier molecular flexibility index (Phi) is 2.77. The summed E-state index contributed by atoms with van der Waals surface area (Å²) in [7, 11) is 0. The van der Waals surface area contributed by atoms with Gasteiger partial charge in [0.2, 0.25) is 5.88 Å². The number of pyridine rings is 1. The van der Waals surface area contributed by atoms with Crippen molar-refractivity contribution in [2.24, 2.45) is 0 Å². The third-order valence-corrected chi connectivity index (χ3v) is 2.53. The minimum atomic E-state index is 0.522. The van der Waals surface area contributed by atoms with Crippen molar-refractivity contribution in [3.05, 3.63) is 47.7 Å². The average Bonchev–Trinajstić information content (AvgIpc) is 2.25. The molecule has 1 heterocycles. The number of hydrogen-bond donors (Lipinski definition) is 1. The van der Waals surface area contributed by atoms with Crippen molar-refractivity contribution < 1.29 is 4.74 Å². The minimum Gasteiger partial charge on any atom is -0.439 e. The molecular formula is C13H14N2O. The molecule has 1 aromatic carbocycles. The highest BCUT2D eigenvalue weighted by molar-refractivity contribution is 5.44. The Morgan fingerprint density at radius 3 is 2.75 bits per heavy atom. The van der Waals surface area contributed by atoms with Gasteiger partial charge in [0, 0.05) is 18.0 Å². The van der Waals surface area contributed by atoms with Crippen molar-refractivity contribution in [3.63, 3.8) is 0 Å². The van der Waals surface area contributed by atoms with Gasteiger partial charge in [-0.1, -0.05) is 12.1 Å². The van der Waals surface area contributed by atoms with E-state index in [-0.39, 0.29) is 0 Å². The van der Waals surface area contributed by atoms with Crippen LogP contribution in [0, 0.1) is 13.8 Å². The lowest BCUT2D eigenvalue weighted by Crippen LogP contribution is -1.93. The van der Waals surface area contributed by atoms with E-state index in [1.165, 1.54) is 5.56 Å². The zero-order chi connectivity index (χ0) is 11.5. The SMILES string of the molecule is Cc1cccc(Oc2cc(N)ccn2)c1C. The lowest BCUT2D eigenvalue weighted by Gasteiger charge is -2.09. The van der Waals surface area contributed by atoms with Crippen molar-refractivity contribution in [1.29, 1.82) is 0 Å². The van der Waals surface area contributed by atoms with Crippen LogP contribution in [0.4, 0.5) is 5.69 Å². The van der Waals surface area contributed by atoms with Gasteiger partial charge in [-0.2, -0.15) is 0 Å². The highest BCUT2D eigenvalue weighted by atomic mass is 16.5. The number of nitrogens with zero attached hydrogens (tertiary/aromatic N) is 1. The van der Waals surface area contributed by atoms with Crippen molar-refractivity contribution in [2.75, 3.05) is 5.73 Å². The number of benzene rings is 1. The van der Waals surface area contributed by atoms with E-state index in [4.69, 9.17) is 10.5 Å². The molecule has 0 atom stereocenters. The van der Waals surface area contributed by atoms with Crippen molar-refractivity contribution in [3.8, 4) is 11.6 Å². The Labute approximate surface area is 94.9 Å². The number of nitrogen functional groups attached to an aromatic ring is 1. The Hall–Kier alpha value is -2.03. The fraction of sp³-hybridized carbons (Fsp3) is 0.154. The normalized spacial score (nSPS) is 10.1. The Morgan fingerprint density at radius 1 is 1.19 bits per heavy atom. The summed E-state index contributed by atoms with van der Waals surface area (Å²) in [4.78, 5) is 4.10. The zero-order valence-corrected chi connectivity index (χ0v) is 9.40. The standard InChI is InChI=1S/C13H14N2O/c1-9-4-3-5-12(10(9)2)16-13-8-11(14)6-7-15-13/h3-8H,1-2H3,(H2,14,15). The summed E-state index contributed by atoms with van der Waals surface area (Å²) in [5.74, 6) is 1.34. The van der Waals surface area contributed by atoms with Gasteiger partial charge in [0.15, 0.2) is 0 Å². The highest BCUT2D eigenvalue weighted by Crippen LogP contribution is 2.26. The Balaban J connectivity index is 2.31. The monoisotopic (exact) mass is 214 g/mol. The first-order valence-electron chi connectivity index (χ1n) is 5.12. The minimum absolute atomic E-state index is 0.522. The number of aromatic nitrogens is 1. The van der Waals surface area contributed by atoms with E-state index in [2.05, 4.69) is 18.0 Å². The van der Waals surface area contributed by atoms with Gasteiger partial charge in [-0.15, -0.1) is 0 Å². The summed E-state index contributed by atoms with van der Waals surface area (Å²) < 4.78 is 5.68. The molecule has 0 aliphatic heterocycles. The molecule has 0 fully saturated rings. The molecule has 0 radical (unpaired) electrons. The predicted molar refractivity (Wildman–Crippen MR) is 64.6 cm³/mol. The van der Waals surface area contributed by atoms with Crippen molar-refractivity contribution >= 4 is 5.69 Å². The summed E-state index contributed by atoms with van der Waals surface area (Å²) in [5, 5.41) is 0. The van der Waals surface area contributed by atoms with E-state index in [0.29, 0.717) is 11.6 Å². The maximum atomic E-state index is 5.68. The second-order valence-electron chi connectivity index (χ2n) is 3.73. The molecular weight excluding hydrogens is 200 g/mol. The smallest absolute Gasteiger partial charge is 0.221 e. The van der Waals surface area contributed by atoms with Gasteiger partial charge < -0.3 is 10.5 Å². The maximum Gasteiger partial charge on any atom is 0.221 e. The highest BCUT2D eigenvalue weighted by Gasteiger charge is 2.04. The topological polar surface area (TPSA) is 48.1 Å². The summed E-state index contributed by atoms with van der Waals surface area (Å²) in [6.07, 6.45) is 1.63. The molecule has 0 saturated carbocycles. The molecule has 2 aromatic rings. The van der Waals surface area contributed by atoms with Crippen LogP contribution < -0.4 is 10.5 Å². The lowest BCUT2D eigenvalue weighted by molar-refractivity contribution is 0.459. The molecule has 0 aliphatic rings. The van der Waals surface area contributed by atoms with E-state index in [0.717, 1.165) is 11.3 Å². The molecule has 0 bridgehead atoms. The average molecular weight is 214 g/mol. The molecule has 16 heavy (non-hydrogen) atoms. The van der Waals surface area contributed by atoms with Gasteiger partial charge in [0.25, 0.3) is 0 Å². The van der Waals surface area contributed by atoms with Crippen LogP contribution in [0.5, 0.6) is 11.6 Å². The molecule has 0 unspecified atom stereocenters. The summed E-state index contributed by atoms with van der Waals surface area (Å²) in [6.45, 7) is 4.08. The van der Waals surface area contributed by atoms with Gasteiger partial charge in [0.05, 0.1) is 0 Å². The van der Waals surface area contributed by atoms with E-state index >= 15 is 0 Å². The van der Waals surface area contributed by atoms with Crippen molar-refractivity contribution in [1.82, 2.24) is 4.98 Å². The summed E-state index contributed by atoms with van der Waals surface area (Å²) in [6, 6.07) is 9.38. The first-order chi connectivity index (χ1) is 7.66. The Morgan fingerprint density at radius 2 is 2.00 bits per heavy atom. The molecule has 1 aromatic heterocycles. The van der Waals surface area contributed by atoms with Gasteiger partial charge in [-0.3, -0.25) is 0 Å². The third kappa shape index (κ3) is 2.14. The molecule has 0 amide bonds. The van der Waals surface area contributed by atoms with Crippen LogP contribution in [0.15, 0.2) is 36.5 Å². The number of rotatable bonds is 2. The second-order valence-corrected chi connectivity index (χ2v) is 3.73. The van der Waals surface area contributed by atoms with Crippen LogP contribution in [-0.4, -0.2) is 4.98 Å². The van der Waals surface area contributed by atoms with Gasteiger partial charge >= 0.3 is 0 Å². The zero-order valence-electron chi connectivity index (χ0n) is 9.40. The predicted octanol–water partition coefficient (Wildman–Crippen LogP) is 3.07. The van der Waals surface area contributed by atoms with Crippen LogP contribution in [0.2, 0.25) is 0 Å². The number of ether oxygens (including phenoxy) is 1. The van der Waals surface area contributed by atoms with Crippen molar-refractivity contribution in [2.45, 2.75) is 13.8 Å². The molecule has 3 nitrogen and oxygen atoms in total. The summed E-state index contributed by atoms with van der Waals surface area (Å²) >= 11 is 0. The van der Waals surface area contributed by atoms with Crippen LogP contribution in [0.1, 0.15) is 11.1 Å². The van der Waals surface area contributed by atoms with Crippen LogP contribution in [-0.2, 0) is 0 Å². The number of hydrogen-bond acceptors (Lipinski definition) is 3. The molecule has 82 valence electrons. The van der Waals surface area contributed by atoms with Gasteiger partial charge in [0.1, 0.15) is 5.75 Å². The first kappa shape index (κ1) is 10.5. The van der Waals surface area contributed by atoms with E-state index < -0.39 is 0 Å². The number of aryl methyl sites for hydroxylation is 1. The third-order valence-electron chi connectivity index (χ3n) is 2.53. The maximum absolute atomic E-state index is 5.68. The molecule has 2 N–H and O–H groups in total. The second kappa shape index (κ2) is 4.23. The van der Waals surface area contributed by atoms with E-state index in [1.54, 1.807) is 18.3 Å². The lowest BCUT2D eigenvalue weighted by atomic mass is 10.1. The molecule has 3 heteroatoms. The number of nitrogens with two attached hydrogens (primary N) is 1. The Bertz CT molecular complexity index is 509. The first-order valence-corrected chi connectivity index (χ1v) is 5.12. The van der Waals surface area contributed by atoms with Gasteiger partial charge in [-0.05, 0) is 37.1 Å². The largest absolute Gasteiger partial charge is 0.439 e. The van der Waals surface area contributed by atoms with E-state index in [9.17, 15) is 0 Å². The number of anilines is 1. The molecule has 0 saturated heterocycles. The molecule has 0 spiro atoms. The summed E-state index contributed by atoms with van der Waals surface area (Å²) in [5.41, 5.74) is 8.62. The fourth-order valence-corrected chi connectivity index (χ4v) is 1.43. The fourth-order valence-electron chi connectivity index (χ4n) is 1.43. The quantitative estimate of drug-likeness (QED) is 0.835.